The van der Waals surface area contributed by atoms with Crippen LogP contribution in [0.25, 0.3) is 98.4 Å². The van der Waals surface area contributed by atoms with Crippen LogP contribution in [-0.2, 0) is 6.42 Å². The maximum absolute atomic E-state index is 6.70. The highest BCUT2D eigenvalue weighted by atomic mass is 16.3. The summed E-state index contributed by atoms with van der Waals surface area (Å²) >= 11 is 0. The Morgan fingerprint density at radius 3 is 1.72 bits per heavy atom. The molecule has 0 atom stereocenters. The Kier molecular flexibility index (Phi) is 7.00. The van der Waals surface area contributed by atoms with Crippen LogP contribution in [0.2, 0.25) is 0 Å². The quantitative estimate of drug-likeness (QED) is 0.164. The van der Waals surface area contributed by atoms with E-state index >= 15 is 0 Å². The number of hydrogen-bond donors (Lipinski definition) is 0. The number of hydrogen-bond acceptors (Lipinski definition) is 1. The van der Waals surface area contributed by atoms with Crippen molar-refractivity contribution in [3.8, 4) is 33.4 Å². The van der Waals surface area contributed by atoms with E-state index in [1.54, 1.807) is 0 Å². The third kappa shape index (κ3) is 4.86. The topological polar surface area (TPSA) is 13.1 Å². The lowest BCUT2D eigenvalue weighted by atomic mass is 9.83. The van der Waals surface area contributed by atoms with Crippen LogP contribution in [0, 0.1) is 0 Å². The van der Waals surface area contributed by atoms with Crippen LogP contribution in [-0.4, -0.2) is 0 Å². The van der Waals surface area contributed by atoms with Crippen molar-refractivity contribution >= 4 is 65.0 Å². The Morgan fingerprint density at radius 1 is 0.333 bits per heavy atom. The molecule has 0 fully saturated rings. The highest BCUT2D eigenvalue weighted by molar-refractivity contribution is 6.23. The summed E-state index contributed by atoms with van der Waals surface area (Å²) < 4.78 is 6.70. The van der Waals surface area contributed by atoms with Crippen molar-refractivity contribution in [1.29, 1.82) is 0 Å². The van der Waals surface area contributed by atoms with E-state index in [0.29, 0.717) is 0 Å². The van der Waals surface area contributed by atoms with Crippen molar-refractivity contribution in [2.75, 3.05) is 0 Å². The summed E-state index contributed by atoms with van der Waals surface area (Å²) in [6.45, 7) is 0. The zero-order chi connectivity index (χ0) is 35.6. The summed E-state index contributed by atoms with van der Waals surface area (Å²) in [6, 6.07) is 70.8. The Balaban J connectivity index is 1.19. The van der Waals surface area contributed by atoms with E-state index in [0.717, 1.165) is 33.9 Å². The molecule has 252 valence electrons. The van der Waals surface area contributed by atoms with Gasteiger partial charge in [-0.3, -0.25) is 0 Å². The lowest BCUT2D eigenvalue weighted by molar-refractivity contribution is 0.669. The van der Waals surface area contributed by atoms with Crippen LogP contribution in [0.1, 0.15) is 11.1 Å². The fourth-order valence-corrected chi connectivity index (χ4v) is 8.89. The molecule has 0 bridgehead atoms. The molecule has 11 aromatic rings. The maximum Gasteiger partial charge on any atom is 0.136 e. The predicted octanol–water partition coefficient (Wildman–Crippen LogP) is 14.8. The molecule has 1 aromatic heterocycles. The average molecular weight is 687 g/mol. The molecule has 11 rings (SSSR count). The van der Waals surface area contributed by atoms with Gasteiger partial charge in [0.25, 0.3) is 0 Å². The summed E-state index contributed by atoms with van der Waals surface area (Å²) in [6.07, 6.45) is 0.810. The normalized spacial score (nSPS) is 11.8. The summed E-state index contributed by atoms with van der Waals surface area (Å²) in [5.74, 6) is 0. The zero-order valence-corrected chi connectivity index (χ0v) is 29.6. The molecule has 0 aliphatic rings. The molecule has 0 saturated carbocycles. The third-order valence-corrected chi connectivity index (χ3v) is 11.3. The monoisotopic (exact) mass is 686 g/mol. The minimum atomic E-state index is 0.810. The zero-order valence-electron chi connectivity index (χ0n) is 29.6. The van der Waals surface area contributed by atoms with Gasteiger partial charge in [0.1, 0.15) is 11.2 Å². The highest BCUT2D eigenvalue weighted by Gasteiger charge is 2.22. The van der Waals surface area contributed by atoms with Gasteiger partial charge in [0.15, 0.2) is 0 Å². The Labute approximate surface area is 313 Å². The minimum Gasteiger partial charge on any atom is -0.456 e. The first-order valence-electron chi connectivity index (χ1n) is 18.7. The molecule has 10 aromatic carbocycles. The molecule has 0 saturated heterocycles. The summed E-state index contributed by atoms with van der Waals surface area (Å²) in [7, 11) is 0. The largest absolute Gasteiger partial charge is 0.456 e. The van der Waals surface area contributed by atoms with Gasteiger partial charge in [-0.1, -0.05) is 170 Å². The standard InChI is InChI=1S/C53H34O/c1-2-16-36-30-38(29-28-34(36)14-1)40-19-5-4-17-37(40)31-48-43-21-7-9-23-45(43)52(46-24-10-8-22-44(46)48)49-32-39(42-26-13-18-35-15-3-6-20-41(35)42)33-51-53(49)47-25-11-12-27-50(47)54-51/h1-30,32-33H,31H2. The van der Waals surface area contributed by atoms with Gasteiger partial charge in [-0.05, 0) is 118 Å². The summed E-state index contributed by atoms with van der Waals surface area (Å²) in [5, 5.41) is 12.3. The molecule has 1 nitrogen and oxygen atoms in total. The summed E-state index contributed by atoms with van der Waals surface area (Å²) in [5.41, 5.74) is 11.8. The Hall–Kier alpha value is -6.96. The number of benzene rings is 10. The van der Waals surface area contributed by atoms with Crippen molar-refractivity contribution in [2.24, 2.45) is 0 Å². The van der Waals surface area contributed by atoms with E-state index in [2.05, 4.69) is 194 Å². The molecular formula is C53H34O. The second kappa shape index (κ2) is 12.3. The molecule has 0 radical (unpaired) electrons. The first-order chi connectivity index (χ1) is 26.8. The lowest BCUT2D eigenvalue weighted by Gasteiger charge is -2.20. The lowest BCUT2D eigenvalue weighted by Crippen LogP contribution is -1.97. The van der Waals surface area contributed by atoms with Crippen molar-refractivity contribution < 1.29 is 4.42 Å². The van der Waals surface area contributed by atoms with Crippen LogP contribution in [0.4, 0.5) is 0 Å². The Morgan fingerprint density at radius 2 is 0.926 bits per heavy atom. The highest BCUT2D eigenvalue weighted by Crippen LogP contribution is 2.47. The van der Waals surface area contributed by atoms with Crippen LogP contribution < -0.4 is 0 Å². The molecule has 0 unspecified atom stereocenters. The van der Waals surface area contributed by atoms with Crippen molar-refractivity contribution in [3.05, 3.63) is 205 Å². The van der Waals surface area contributed by atoms with Crippen molar-refractivity contribution in [1.82, 2.24) is 0 Å². The van der Waals surface area contributed by atoms with Gasteiger partial charge < -0.3 is 4.42 Å². The van der Waals surface area contributed by atoms with Gasteiger partial charge in [-0.2, -0.15) is 0 Å². The first-order valence-corrected chi connectivity index (χ1v) is 18.7. The van der Waals surface area contributed by atoms with Gasteiger partial charge in [0, 0.05) is 10.8 Å². The molecule has 1 heterocycles. The molecular weight excluding hydrogens is 653 g/mol. The molecule has 0 amide bonds. The van der Waals surface area contributed by atoms with Crippen LogP contribution >= 0.6 is 0 Å². The fraction of sp³-hybridized carbons (Fsp3) is 0.0189. The molecule has 1 heteroatoms. The summed E-state index contributed by atoms with van der Waals surface area (Å²) in [4.78, 5) is 0. The van der Waals surface area contributed by atoms with Crippen molar-refractivity contribution in [2.45, 2.75) is 6.42 Å². The fourth-order valence-electron chi connectivity index (χ4n) is 8.89. The van der Waals surface area contributed by atoms with Gasteiger partial charge in [-0.25, -0.2) is 0 Å². The molecule has 54 heavy (non-hydrogen) atoms. The number of para-hydroxylation sites is 1. The van der Waals surface area contributed by atoms with E-state index in [9.17, 15) is 0 Å². The van der Waals surface area contributed by atoms with E-state index in [1.807, 2.05) is 0 Å². The predicted molar refractivity (Wildman–Crippen MR) is 229 cm³/mol. The van der Waals surface area contributed by atoms with Gasteiger partial charge in [-0.15, -0.1) is 0 Å². The maximum atomic E-state index is 6.70. The third-order valence-electron chi connectivity index (χ3n) is 11.3. The van der Waals surface area contributed by atoms with Crippen LogP contribution in [0.3, 0.4) is 0 Å². The van der Waals surface area contributed by atoms with Crippen LogP contribution in [0.15, 0.2) is 199 Å². The second-order valence-corrected chi connectivity index (χ2v) is 14.4. The molecule has 0 spiro atoms. The first kappa shape index (κ1) is 30.6. The minimum absolute atomic E-state index is 0.810. The number of fused-ring (bicyclic) bond motifs is 7. The van der Waals surface area contributed by atoms with Gasteiger partial charge in [0.05, 0.1) is 0 Å². The molecule has 0 aliphatic heterocycles. The van der Waals surface area contributed by atoms with E-state index < -0.39 is 0 Å². The molecule has 0 N–H and O–H groups in total. The van der Waals surface area contributed by atoms with Crippen LogP contribution in [0.5, 0.6) is 0 Å². The van der Waals surface area contributed by atoms with Crippen molar-refractivity contribution in [3.63, 3.8) is 0 Å². The number of furan rings is 1. The number of rotatable bonds is 5. The van der Waals surface area contributed by atoms with E-state index in [1.165, 1.54) is 82.0 Å². The van der Waals surface area contributed by atoms with E-state index in [-0.39, 0.29) is 0 Å². The average Bonchev–Trinajstić information content (AvgIpc) is 3.62. The Bertz CT molecular complexity index is 3190. The van der Waals surface area contributed by atoms with Gasteiger partial charge in [0.2, 0.25) is 0 Å². The smallest absolute Gasteiger partial charge is 0.136 e. The second-order valence-electron chi connectivity index (χ2n) is 14.4. The SMILES string of the molecule is c1ccc(-c2ccc3ccccc3c2)c(Cc2c3ccccc3c(-c3cc(-c4cccc5ccccc45)cc4oc5ccccc5c34)c3ccccc23)c1. The molecule has 0 aliphatic carbocycles. The van der Waals surface area contributed by atoms with Gasteiger partial charge >= 0.3 is 0 Å². The van der Waals surface area contributed by atoms with E-state index in [4.69, 9.17) is 4.42 Å².